The molecule has 110 valence electrons. The van der Waals surface area contributed by atoms with Gasteiger partial charge >= 0.3 is 6.09 Å². The number of ether oxygens (including phenoxy) is 1. The zero-order valence-corrected chi connectivity index (χ0v) is 12.7. The fourth-order valence-electron chi connectivity index (χ4n) is 3.40. The molecular weight excluding hydrogens is 240 g/mol. The Kier molecular flexibility index (Phi) is 3.83. The van der Waals surface area contributed by atoms with Crippen LogP contribution >= 0.6 is 0 Å². The number of hydrogen-bond acceptors (Lipinski definition) is 3. The second kappa shape index (κ2) is 4.97. The van der Waals surface area contributed by atoms with Crippen molar-refractivity contribution in [1.82, 2.24) is 4.90 Å². The maximum Gasteiger partial charge on any atom is 0.410 e. The Morgan fingerprint density at radius 1 is 1.47 bits per heavy atom. The maximum atomic E-state index is 12.2. The third kappa shape index (κ3) is 3.22. The van der Waals surface area contributed by atoms with Crippen molar-refractivity contribution in [3.8, 4) is 0 Å². The van der Waals surface area contributed by atoms with Crippen molar-refractivity contribution in [2.75, 3.05) is 19.6 Å². The molecule has 2 fully saturated rings. The first kappa shape index (κ1) is 14.6. The Balaban J connectivity index is 1.97. The summed E-state index contributed by atoms with van der Waals surface area (Å²) in [6.45, 7) is 10.4. The van der Waals surface area contributed by atoms with Crippen LogP contribution in [0.3, 0.4) is 0 Å². The maximum absolute atomic E-state index is 12.2. The van der Waals surface area contributed by atoms with Gasteiger partial charge in [-0.1, -0.05) is 6.92 Å². The molecule has 1 amide bonds. The lowest BCUT2D eigenvalue weighted by Crippen LogP contribution is -2.48. The first-order chi connectivity index (χ1) is 8.77. The van der Waals surface area contributed by atoms with E-state index in [4.69, 9.17) is 10.5 Å². The van der Waals surface area contributed by atoms with E-state index in [0.717, 1.165) is 26.1 Å². The number of piperidine rings is 1. The minimum absolute atomic E-state index is 0.155. The zero-order valence-electron chi connectivity index (χ0n) is 12.7. The Hall–Kier alpha value is -0.770. The minimum Gasteiger partial charge on any atom is -0.444 e. The molecule has 1 aliphatic heterocycles. The van der Waals surface area contributed by atoms with Gasteiger partial charge in [0.1, 0.15) is 5.60 Å². The van der Waals surface area contributed by atoms with Crippen LogP contribution in [0.5, 0.6) is 0 Å². The quantitative estimate of drug-likeness (QED) is 0.837. The summed E-state index contributed by atoms with van der Waals surface area (Å²) in [4.78, 5) is 14.1. The predicted octanol–water partition coefficient (Wildman–Crippen LogP) is 2.62. The van der Waals surface area contributed by atoms with Gasteiger partial charge in [0.15, 0.2) is 0 Å². The first-order valence-electron chi connectivity index (χ1n) is 7.45. The monoisotopic (exact) mass is 268 g/mol. The number of hydrogen-bond donors (Lipinski definition) is 1. The lowest BCUT2D eigenvalue weighted by molar-refractivity contribution is 0.00170. The summed E-state index contributed by atoms with van der Waals surface area (Å²) in [5.74, 6) is 1.24. The van der Waals surface area contributed by atoms with E-state index in [-0.39, 0.29) is 6.09 Å². The molecule has 1 heterocycles. The van der Waals surface area contributed by atoms with Crippen molar-refractivity contribution in [2.45, 2.75) is 52.6 Å². The molecule has 19 heavy (non-hydrogen) atoms. The van der Waals surface area contributed by atoms with Crippen LogP contribution in [0.15, 0.2) is 0 Å². The number of amides is 1. The van der Waals surface area contributed by atoms with Crippen molar-refractivity contribution in [1.29, 1.82) is 0 Å². The van der Waals surface area contributed by atoms with Crippen LogP contribution in [0.2, 0.25) is 0 Å². The molecule has 2 unspecified atom stereocenters. The molecule has 1 spiro atoms. The van der Waals surface area contributed by atoms with E-state index < -0.39 is 5.60 Å². The van der Waals surface area contributed by atoms with Gasteiger partial charge in [0.2, 0.25) is 0 Å². The van der Waals surface area contributed by atoms with Crippen LogP contribution in [0, 0.1) is 17.3 Å². The number of likely N-dealkylation sites (tertiary alicyclic amines) is 1. The molecule has 0 aromatic heterocycles. The average Bonchev–Trinajstić information content (AvgIpc) is 3.06. The minimum atomic E-state index is -0.408. The molecule has 2 N–H and O–H groups in total. The molecule has 0 aromatic carbocycles. The standard InChI is InChI=1S/C15H28N2O2/c1-11(9-16)12-5-8-17(10-15(12)6-7-15)13(18)19-14(2,3)4/h11-12H,5-10,16H2,1-4H3. The number of carbonyl (C=O) groups excluding carboxylic acids is 1. The fourth-order valence-corrected chi connectivity index (χ4v) is 3.40. The van der Waals surface area contributed by atoms with Crippen LogP contribution < -0.4 is 5.73 Å². The van der Waals surface area contributed by atoms with Gasteiger partial charge in [-0.15, -0.1) is 0 Å². The third-order valence-corrected chi connectivity index (χ3v) is 4.60. The molecule has 1 saturated heterocycles. The van der Waals surface area contributed by atoms with E-state index in [9.17, 15) is 4.79 Å². The second-order valence-corrected chi connectivity index (χ2v) is 7.37. The van der Waals surface area contributed by atoms with Crippen LogP contribution in [0.4, 0.5) is 4.79 Å². The Labute approximate surface area is 116 Å². The highest BCUT2D eigenvalue weighted by molar-refractivity contribution is 5.68. The van der Waals surface area contributed by atoms with Crippen molar-refractivity contribution in [3.05, 3.63) is 0 Å². The lowest BCUT2D eigenvalue weighted by atomic mass is 9.75. The zero-order chi connectivity index (χ0) is 14.3. The number of carbonyl (C=O) groups is 1. The highest BCUT2D eigenvalue weighted by Gasteiger charge is 2.54. The summed E-state index contributed by atoms with van der Waals surface area (Å²) in [5, 5.41) is 0. The molecule has 2 aliphatic rings. The van der Waals surface area contributed by atoms with Gasteiger partial charge in [0, 0.05) is 13.1 Å². The van der Waals surface area contributed by atoms with Crippen LogP contribution in [0.1, 0.15) is 47.0 Å². The Bertz CT molecular complexity index is 345. The van der Waals surface area contributed by atoms with Gasteiger partial charge in [-0.25, -0.2) is 4.79 Å². The number of nitrogens with two attached hydrogens (primary N) is 1. The average molecular weight is 268 g/mol. The van der Waals surface area contributed by atoms with Crippen molar-refractivity contribution in [2.24, 2.45) is 23.0 Å². The number of nitrogens with zero attached hydrogens (tertiary/aromatic N) is 1. The third-order valence-electron chi connectivity index (χ3n) is 4.60. The van der Waals surface area contributed by atoms with Crippen LogP contribution in [0.25, 0.3) is 0 Å². The molecule has 1 saturated carbocycles. The van der Waals surface area contributed by atoms with Gasteiger partial charge in [-0.05, 0) is 63.8 Å². The van der Waals surface area contributed by atoms with E-state index in [1.165, 1.54) is 12.8 Å². The first-order valence-corrected chi connectivity index (χ1v) is 7.45. The molecule has 0 radical (unpaired) electrons. The van der Waals surface area contributed by atoms with Crippen LogP contribution in [-0.4, -0.2) is 36.2 Å². The van der Waals surface area contributed by atoms with Gasteiger partial charge in [-0.2, -0.15) is 0 Å². The predicted molar refractivity (Wildman–Crippen MR) is 75.8 cm³/mol. The molecule has 4 heteroatoms. The van der Waals surface area contributed by atoms with Crippen molar-refractivity contribution in [3.63, 3.8) is 0 Å². The number of rotatable bonds is 2. The topological polar surface area (TPSA) is 55.6 Å². The fraction of sp³-hybridized carbons (Fsp3) is 0.933. The van der Waals surface area contributed by atoms with Gasteiger partial charge in [-0.3, -0.25) is 0 Å². The van der Waals surface area contributed by atoms with E-state index in [1.54, 1.807) is 0 Å². The highest BCUT2D eigenvalue weighted by atomic mass is 16.6. The molecule has 4 nitrogen and oxygen atoms in total. The Morgan fingerprint density at radius 3 is 2.58 bits per heavy atom. The van der Waals surface area contributed by atoms with E-state index in [1.807, 2.05) is 25.7 Å². The summed E-state index contributed by atoms with van der Waals surface area (Å²) in [6, 6.07) is 0. The van der Waals surface area contributed by atoms with Gasteiger partial charge < -0.3 is 15.4 Å². The molecule has 0 aromatic rings. The normalized spacial score (nSPS) is 27.2. The summed E-state index contributed by atoms with van der Waals surface area (Å²) in [6.07, 6.45) is 3.39. The van der Waals surface area contributed by atoms with Crippen molar-refractivity contribution < 1.29 is 9.53 Å². The summed E-state index contributed by atoms with van der Waals surface area (Å²) in [7, 11) is 0. The molecule has 2 rings (SSSR count). The van der Waals surface area contributed by atoms with Gasteiger partial charge in [0.25, 0.3) is 0 Å². The summed E-state index contributed by atoms with van der Waals surface area (Å²) in [5.41, 5.74) is 5.76. The lowest BCUT2D eigenvalue weighted by Gasteiger charge is -2.42. The van der Waals surface area contributed by atoms with Crippen LogP contribution in [-0.2, 0) is 4.74 Å². The molecule has 0 bridgehead atoms. The second-order valence-electron chi connectivity index (χ2n) is 7.37. The smallest absolute Gasteiger partial charge is 0.410 e. The van der Waals surface area contributed by atoms with E-state index in [2.05, 4.69) is 6.92 Å². The molecule has 2 atom stereocenters. The summed E-state index contributed by atoms with van der Waals surface area (Å²) >= 11 is 0. The van der Waals surface area contributed by atoms with E-state index >= 15 is 0 Å². The van der Waals surface area contributed by atoms with E-state index in [0.29, 0.717) is 17.3 Å². The summed E-state index contributed by atoms with van der Waals surface area (Å²) < 4.78 is 5.48. The molecular formula is C15H28N2O2. The SMILES string of the molecule is CC(CN)C1CCN(C(=O)OC(C)(C)C)CC12CC2. The highest BCUT2D eigenvalue weighted by Crippen LogP contribution is 2.57. The largest absolute Gasteiger partial charge is 0.444 e. The van der Waals surface area contributed by atoms with Gasteiger partial charge in [0.05, 0.1) is 0 Å². The van der Waals surface area contributed by atoms with Crippen molar-refractivity contribution >= 4 is 6.09 Å². The molecule has 1 aliphatic carbocycles. The Morgan fingerprint density at radius 2 is 2.11 bits per heavy atom.